The van der Waals surface area contributed by atoms with E-state index in [9.17, 15) is 9.59 Å². The van der Waals surface area contributed by atoms with Crippen LogP contribution in [0.15, 0.2) is 59.2 Å². The van der Waals surface area contributed by atoms with Crippen LogP contribution < -0.4 is 20.7 Å². The largest absolute Gasteiger partial charge is 0.495 e. The highest BCUT2D eigenvalue weighted by Crippen LogP contribution is 2.28. The molecule has 2 amide bonds. The third-order valence-electron chi connectivity index (χ3n) is 3.86. The summed E-state index contributed by atoms with van der Waals surface area (Å²) in [4.78, 5) is 24.5. The molecule has 0 spiro atoms. The van der Waals surface area contributed by atoms with Crippen LogP contribution in [0.25, 0.3) is 0 Å². The summed E-state index contributed by atoms with van der Waals surface area (Å²) >= 11 is 17.0. The second kappa shape index (κ2) is 9.62. The summed E-state index contributed by atoms with van der Waals surface area (Å²) in [5.74, 6) is -0.249. The quantitative estimate of drug-likeness (QED) is 0.462. The zero-order valence-electron chi connectivity index (χ0n) is 15.5. The molecule has 7 nitrogen and oxygen atoms in total. The van der Waals surface area contributed by atoms with Crippen molar-refractivity contribution in [3.63, 3.8) is 0 Å². The summed E-state index contributed by atoms with van der Waals surface area (Å²) in [6.45, 7) is 0. The van der Waals surface area contributed by atoms with Gasteiger partial charge in [0.25, 0.3) is 11.8 Å². The summed E-state index contributed by atoms with van der Waals surface area (Å²) in [7, 11) is 1.49. The Bertz CT molecular complexity index is 1100. The van der Waals surface area contributed by atoms with E-state index in [1.165, 1.54) is 31.6 Å². The van der Waals surface area contributed by atoms with Gasteiger partial charge in [-0.3, -0.25) is 14.9 Å². The molecular weight excluding hydrogens is 449 g/mol. The van der Waals surface area contributed by atoms with Gasteiger partial charge in [-0.15, -0.1) is 0 Å². The first-order valence-electron chi connectivity index (χ1n) is 8.47. The average Bonchev–Trinajstić information content (AvgIpc) is 3.25. The van der Waals surface area contributed by atoms with Gasteiger partial charge in [-0.1, -0.05) is 23.2 Å². The Labute approximate surface area is 187 Å². The molecule has 1 heterocycles. The minimum atomic E-state index is -0.465. The highest BCUT2D eigenvalue weighted by molar-refractivity contribution is 7.80. The minimum Gasteiger partial charge on any atom is -0.495 e. The van der Waals surface area contributed by atoms with Crippen molar-refractivity contribution in [2.45, 2.75) is 0 Å². The van der Waals surface area contributed by atoms with Gasteiger partial charge < -0.3 is 19.8 Å². The van der Waals surface area contributed by atoms with E-state index in [1.54, 1.807) is 30.3 Å². The molecule has 30 heavy (non-hydrogen) atoms. The molecule has 0 atom stereocenters. The molecule has 3 N–H and O–H groups in total. The van der Waals surface area contributed by atoms with Crippen LogP contribution in [0.1, 0.15) is 20.9 Å². The number of benzene rings is 2. The number of anilines is 2. The molecule has 0 saturated heterocycles. The summed E-state index contributed by atoms with van der Waals surface area (Å²) in [6, 6.07) is 12.5. The number of amides is 2. The third kappa shape index (κ3) is 5.29. The molecule has 0 bridgehead atoms. The Kier molecular flexibility index (Phi) is 6.94. The lowest BCUT2D eigenvalue weighted by atomic mass is 10.2. The van der Waals surface area contributed by atoms with Crippen molar-refractivity contribution in [2.75, 3.05) is 17.7 Å². The number of nitrogens with one attached hydrogen (secondary N) is 3. The highest BCUT2D eigenvalue weighted by Gasteiger charge is 2.14. The first-order chi connectivity index (χ1) is 14.4. The standard InChI is InChI=1S/C20H15Cl2N3O4S/c1-28-16-7-5-12(23-19(27)17-3-2-8-29-17)10-15(16)24-20(30)25-18(26)11-4-6-13(21)14(22)9-11/h2-10H,1H3,(H,23,27)(H2,24,25,26,30). The Morgan fingerprint density at radius 1 is 1.00 bits per heavy atom. The zero-order chi connectivity index (χ0) is 21.7. The van der Waals surface area contributed by atoms with Gasteiger partial charge in [0.15, 0.2) is 10.9 Å². The number of carbonyl (C=O) groups excluding carboxylic acids is 2. The van der Waals surface area contributed by atoms with Crippen molar-refractivity contribution in [3.05, 3.63) is 76.2 Å². The molecule has 3 aromatic rings. The smallest absolute Gasteiger partial charge is 0.291 e. The van der Waals surface area contributed by atoms with Gasteiger partial charge in [0.2, 0.25) is 0 Å². The lowest BCUT2D eigenvalue weighted by Gasteiger charge is -2.14. The van der Waals surface area contributed by atoms with Crippen LogP contribution in [0, 0.1) is 0 Å². The predicted molar refractivity (Wildman–Crippen MR) is 120 cm³/mol. The third-order valence-corrected chi connectivity index (χ3v) is 4.80. The number of rotatable bonds is 5. The predicted octanol–water partition coefficient (Wildman–Crippen LogP) is 4.97. The fourth-order valence-corrected chi connectivity index (χ4v) is 2.95. The number of furan rings is 1. The van der Waals surface area contributed by atoms with Crippen molar-refractivity contribution < 1.29 is 18.7 Å². The number of ether oxygens (including phenoxy) is 1. The van der Waals surface area contributed by atoms with E-state index in [1.807, 2.05) is 0 Å². The van der Waals surface area contributed by atoms with Gasteiger partial charge in [-0.25, -0.2) is 0 Å². The molecule has 0 aliphatic heterocycles. The van der Waals surface area contributed by atoms with E-state index in [-0.39, 0.29) is 15.9 Å². The van der Waals surface area contributed by atoms with Crippen LogP contribution in [-0.2, 0) is 0 Å². The number of carbonyl (C=O) groups is 2. The Balaban J connectivity index is 1.70. The maximum atomic E-state index is 12.4. The fourth-order valence-electron chi connectivity index (χ4n) is 2.45. The maximum Gasteiger partial charge on any atom is 0.291 e. The zero-order valence-corrected chi connectivity index (χ0v) is 17.8. The summed E-state index contributed by atoms with van der Waals surface area (Å²) < 4.78 is 10.4. The van der Waals surface area contributed by atoms with E-state index in [0.29, 0.717) is 27.7 Å². The molecule has 0 aliphatic rings. The highest BCUT2D eigenvalue weighted by atomic mass is 35.5. The van der Waals surface area contributed by atoms with Gasteiger partial charge in [-0.2, -0.15) is 0 Å². The van der Waals surface area contributed by atoms with E-state index in [0.717, 1.165) is 0 Å². The van der Waals surface area contributed by atoms with E-state index >= 15 is 0 Å². The number of halogens is 2. The molecule has 1 aromatic heterocycles. The number of thiocarbonyl (C=S) groups is 1. The van der Waals surface area contributed by atoms with Crippen molar-refractivity contribution >= 4 is 63.7 Å². The fraction of sp³-hybridized carbons (Fsp3) is 0.0500. The van der Waals surface area contributed by atoms with Crippen molar-refractivity contribution in [1.29, 1.82) is 0 Å². The van der Waals surface area contributed by atoms with Crippen LogP contribution >= 0.6 is 35.4 Å². The van der Waals surface area contributed by atoms with Gasteiger partial charge in [-0.05, 0) is 60.7 Å². The lowest BCUT2D eigenvalue weighted by Crippen LogP contribution is -2.34. The van der Waals surface area contributed by atoms with Crippen LogP contribution in [0.4, 0.5) is 11.4 Å². The average molecular weight is 464 g/mol. The molecule has 154 valence electrons. The van der Waals surface area contributed by atoms with Gasteiger partial charge in [0.05, 0.1) is 29.1 Å². The second-order valence-electron chi connectivity index (χ2n) is 5.88. The van der Waals surface area contributed by atoms with E-state index in [2.05, 4.69) is 16.0 Å². The lowest BCUT2D eigenvalue weighted by molar-refractivity contribution is 0.0975. The molecule has 0 aliphatic carbocycles. The summed E-state index contributed by atoms with van der Waals surface area (Å²) in [5.41, 5.74) is 1.20. The Hall–Kier alpha value is -3.07. The topological polar surface area (TPSA) is 92.6 Å². The SMILES string of the molecule is COc1ccc(NC(=O)c2ccco2)cc1NC(=S)NC(=O)c1ccc(Cl)c(Cl)c1. The van der Waals surface area contributed by atoms with Crippen LogP contribution in [0.5, 0.6) is 5.75 Å². The van der Waals surface area contributed by atoms with Gasteiger partial charge >= 0.3 is 0 Å². The van der Waals surface area contributed by atoms with Crippen molar-refractivity contribution in [2.24, 2.45) is 0 Å². The van der Waals surface area contributed by atoms with E-state index < -0.39 is 11.8 Å². The van der Waals surface area contributed by atoms with Gasteiger partial charge in [0, 0.05) is 11.3 Å². The Morgan fingerprint density at radius 3 is 2.47 bits per heavy atom. The first-order valence-corrected chi connectivity index (χ1v) is 9.64. The van der Waals surface area contributed by atoms with Crippen LogP contribution in [-0.4, -0.2) is 24.0 Å². The van der Waals surface area contributed by atoms with E-state index in [4.69, 9.17) is 44.6 Å². The number of hydrogen-bond donors (Lipinski definition) is 3. The van der Waals surface area contributed by atoms with Crippen LogP contribution in [0.2, 0.25) is 10.0 Å². The van der Waals surface area contributed by atoms with Gasteiger partial charge in [0.1, 0.15) is 5.75 Å². The summed E-state index contributed by atoms with van der Waals surface area (Å²) in [6.07, 6.45) is 1.41. The maximum absolute atomic E-state index is 12.4. The number of hydrogen-bond acceptors (Lipinski definition) is 5. The molecule has 0 fully saturated rings. The minimum absolute atomic E-state index is 0.0267. The molecule has 10 heteroatoms. The molecule has 0 unspecified atom stereocenters. The number of methoxy groups -OCH3 is 1. The molecular formula is C20H15Cl2N3O4S. The first kappa shape index (κ1) is 21.6. The monoisotopic (exact) mass is 463 g/mol. The molecule has 3 rings (SSSR count). The van der Waals surface area contributed by atoms with Crippen LogP contribution in [0.3, 0.4) is 0 Å². The van der Waals surface area contributed by atoms with Crippen molar-refractivity contribution in [1.82, 2.24) is 5.32 Å². The second-order valence-corrected chi connectivity index (χ2v) is 7.11. The summed E-state index contributed by atoms with van der Waals surface area (Å²) in [5, 5.41) is 8.75. The molecule has 0 saturated carbocycles. The molecule has 0 radical (unpaired) electrons. The molecule has 2 aromatic carbocycles. The van der Waals surface area contributed by atoms with Crippen molar-refractivity contribution in [3.8, 4) is 5.75 Å². The Morgan fingerprint density at radius 2 is 1.80 bits per heavy atom. The normalized spacial score (nSPS) is 10.2.